The Labute approximate surface area is 145 Å². The maximum absolute atomic E-state index is 13.8. The fourth-order valence-electron chi connectivity index (χ4n) is 2.13. The summed E-state index contributed by atoms with van der Waals surface area (Å²) in [7, 11) is -1.32. The molecular formula is C17H18FNO5S. The first-order valence-corrected chi connectivity index (χ1v) is 8.85. The van der Waals surface area contributed by atoms with E-state index < -0.39 is 21.8 Å². The highest BCUT2D eigenvalue weighted by atomic mass is 32.2. The summed E-state index contributed by atoms with van der Waals surface area (Å²) in [5, 5.41) is 0. The monoisotopic (exact) mass is 367 g/mol. The summed E-state index contributed by atoms with van der Waals surface area (Å²) < 4.78 is 49.7. The molecule has 2 aromatic rings. The highest BCUT2D eigenvalue weighted by Gasteiger charge is 2.23. The number of sulfonamides is 1. The van der Waals surface area contributed by atoms with Gasteiger partial charge in [-0.1, -0.05) is 0 Å². The van der Waals surface area contributed by atoms with Gasteiger partial charge in [-0.3, -0.25) is 4.31 Å². The lowest BCUT2D eigenvalue weighted by Crippen LogP contribution is -2.26. The highest BCUT2D eigenvalue weighted by Crippen LogP contribution is 2.26. The number of carbonyl (C=O) groups excluding carboxylic acids is 1. The summed E-state index contributed by atoms with van der Waals surface area (Å²) in [5.41, 5.74) is 0.635. The lowest BCUT2D eigenvalue weighted by molar-refractivity contribution is 0.0526. The molecule has 0 aromatic heterocycles. The van der Waals surface area contributed by atoms with Gasteiger partial charge in [0.05, 0.1) is 29.9 Å². The van der Waals surface area contributed by atoms with E-state index in [0.29, 0.717) is 11.3 Å². The molecule has 25 heavy (non-hydrogen) atoms. The molecule has 8 heteroatoms. The third kappa shape index (κ3) is 3.90. The number of esters is 1. The van der Waals surface area contributed by atoms with Crippen molar-refractivity contribution in [2.75, 3.05) is 25.1 Å². The second kappa shape index (κ2) is 7.52. The van der Waals surface area contributed by atoms with Crippen LogP contribution in [0.5, 0.6) is 5.75 Å². The van der Waals surface area contributed by atoms with Gasteiger partial charge < -0.3 is 9.47 Å². The van der Waals surface area contributed by atoms with Crippen molar-refractivity contribution in [1.29, 1.82) is 0 Å². The minimum atomic E-state index is -3.96. The summed E-state index contributed by atoms with van der Waals surface area (Å²) >= 11 is 0. The Morgan fingerprint density at radius 1 is 1.16 bits per heavy atom. The summed E-state index contributed by atoms with van der Waals surface area (Å²) in [6, 6.07) is 9.30. The average molecular weight is 367 g/mol. The van der Waals surface area contributed by atoms with Crippen LogP contribution in [0.2, 0.25) is 0 Å². The second-order valence-corrected chi connectivity index (χ2v) is 7.01. The van der Waals surface area contributed by atoms with Gasteiger partial charge in [-0.25, -0.2) is 17.6 Å². The van der Waals surface area contributed by atoms with Gasteiger partial charge in [-0.15, -0.1) is 0 Å². The molecule has 0 unspecified atom stereocenters. The number of hydrogen-bond acceptors (Lipinski definition) is 5. The predicted octanol–water partition coefficient (Wildman–Crippen LogP) is 2.84. The zero-order chi connectivity index (χ0) is 18.6. The minimum Gasteiger partial charge on any atom is -0.494 e. The molecule has 134 valence electrons. The number of hydrogen-bond donors (Lipinski definition) is 0. The van der Waals surface area contributed by atoms with E-state index in [-0.39, 0.29) is 17.3 Å². The van der Waals surface area contributed by atoms with Crippen molar-refractivity contribution in [1.82, 2.24) is 0 Å². The first kappa shape index (κ1) is 18.7. The van der Waals surface area contributed by atoms with Crippen LogP contribution in [0.15, 0.2) is 47.4 Å². The van der Waals surface area contributed by atoms with Crippen LogP contribution in [-0.4, -0.2) is 35.2 Å². The van der Waals surface area contributed by atoms with Crippen LogP contribution in [0.3, 0.4) is 0 Å². The van der Waals surface area contributed by atoms with Crippen LogP contribution in [0.1, 0.15) is 17.3 Å². The lowest BCUT2D eigenvalue weighted by Gasteiger charge is -2.20. The van der Waals surface area contributed by atoms with Crippen molar-refractivity contribution < 1.29 is 27.1 Å². The highest BCUT2D eigenvalue weighted by molar-refractivity contribution is 7.92. The molecule has 0 atom stereocenters. The number of nitrogens with zero attached hydrogens (tertiary/aromatic N) is 1. The van der Waals surface area contributed by atoms with E-state index in [1.807, 2.05) is 0 Å². The number of carbonyl (C=O) groups is 1. The average Bonchev–Trinajstić information content (AvgIpc) is 2.61. The number of rotatable bonds is 6. The number of ether oxygens (including phenoxy) is 2. The summed E-state index contributed by atoms with van der Waals surface area (Å²) in [4.78, 5) is 11.4. The zero-order valence-corrected chi connectivity index (χ0v) is 14.8. The van der Waals surface area contributed by atoms with Crippen molar-refractivity contribution in [3.63, 3.8) is 0 Å². The molecule has 0 heterocycles. The molecule has 0 N–H and O–H groups in total. The molecule has 2 rings (SSSR count). The zero-order valence-electron chi connectivity index (χ0n) is 14.0. The van der Waals surface area contributed by atoms with E-state index in [9.17, 15) is 17.6 Å². The van der Waals surface area contributed by atoms with Gasteiger partial charge in [-0.05, 0) is 49.4 Å². The van der Waals surface area contributed by atoms with Gasteiger partial charge >= 0.3 is 5.97 Å². The van der Waals surface area contributed by atoms with Gasteiger partial charge in [0.15, 0.2) is 11.6 Å². The standard InChI is InChI=1S/C17H18FNO5S/c1-4-24-17(20)12-5-7-13(8-6-12)19(2)25(21,22)14-9-10-16(23-3)15(18)11-14/h5-11H,4H2,1-3H3. The van der Waals surface area contributed by atoms with Crippen molar-refractivity contribution in [2.45, 2.75) is 11.8 Å². The van der Waals surface area contributed by atoms with Gasteiger partial charge in [-0.2, -0.15) is 0 Å². The van der Waals surface area contributed by atoms with Crippen LogP contribution < -0.4 is 9.04 Å². The Balaban J connectivity index is 2.30. The Morgan fingerprint density at radius 2 is 1.80 bits per heavy atom. The van der Waals surface area contributed by atoms with Gasteiger partial charge in [0.2, 0.25) is 0 Å². The van der Waals surface area contributed by atoms with E-state index >= 15 is 0 Å². The Morgan fingerprint density at radius 3 is 2.32 bits per heavy atom. The molecule has 0 saturated carbocycles. The van der Waals surface area contributed by atoms with Crippen molar-refractivity contribution in [3.05, 3.63) is 53.8 Å². The van der Waals surface area contributed by atoms with Crippen LogP contribution in [-0.2, 0) is 14.8 Å². The van der Waals surface area contributed by atoms with Crippen molar-refractivity contribution >= 4 is 21.7 Å². The third-order valence-electron chi connectivity index (χ3n) is 3.52. The third-order valence-corrected chi connectivity index (χ3v) is 5.31. The fraction of sp³-hybridized carbons (Fsp3) is 0.235. The SMILES string of the molecule is CCOC(=O)c1ccc(N(C)S(=O)(=O)c2ccc(OC)c(F)c2)cc1. The maximum Gasteiger partial charge on any atom is 0.338 e. The van der Waals surface area contributed by atoms with Crippen molar-refractivity contribution in [2.24, 2.45) is 0 Å². The molecule has 0 radical (unpaired) electrons. The quantitative estimate of drug-likeness (QED) is 0.734. The molecule has 0 spiro atoms. The van der Waals surface area contributed by atoms with Gasteiger partial charge in [0.25, 0.3) is 10.0 Å². The Bertz CT molecular complexity index is 865. The summed E-state index contributed by atoms with van der Waals surface area (Å²) in [5.74, 6) is -1.30. The largest absolute Gasteiger partial charge is 0.494 e. The van der Waals surface area contributed by atoms with E-state index in [2.05, 4.69) is 0 Å². The van der Waals surface area contributed by atoms with E-state index in [0.717, 1.165) is 10.4 Å². The first-order valence-electron chi connectivity index (χ1n) is 7.41. The molecule has 2 aromatic carbocycles. The molecule has 0 bridgehead atoms. The summed E-state index contributed by atoms with van der Waals surface area (Å²) in [6.45, 7) is 1.94. The topological polar surface area (TPSA) is 72.9 Å². The molecule has 6 nitrogen and oxygen atoms in total. The molecule has 0 aliphatic rings. The number of methoxy groups -OCH3 is 1. The molecular weight excluding hydrogens is 349 g/mol. The van der Waals surface area contributed by atoms with E-state index in [4.69, 9.17) is 9.47 Å². The predicted molar refractivity (Wildman–Crippen MR) is 90.9 cm³/mol. The van der Waals surface area contributed by atoms with Crippen LogP contribution in [0.4, 0.5) is 10.1 Å². The lowest BCUT2D eigenvalue weighted by atomic mass is 10.2. The van der Waals surface area contributed by atoms with Crippen molar-refractivity contribution in [3.8, 4) is 5.75 Å². The first-order chi connectivity index (χ1) is 11.8. The number of halogens is 1. The van der Waals surface area contributed by atoms with E-state index in [1.54, 1.807) is 6.92 Å². The number of benzene rings is 2. The molecule has 0 fully saturated rings. The Kier molecular flexibility index (Phi) is 5.63. The summed E-state index contributed by atoms with van der Waals surface area (Å²) in [6.07, 6.45) is 0. The van der Waals surface area contributed by atoms with Gasteiger partial charge in [0, 0.05) is 7.05 Å². The van der Waals surface area contributed by atoms with Gasteiger partial charge in [0.1, 0.15) is 0 Å². The molecule has 0 saturated heterocycles. The van der Waals surface area contributed by atoms with E-state index in [1.165, 1.54) is 50.6 Å². The normalized spacial score (nSPS) is 11.0. The minimum absolute atomic E-state index is 0.0413. The molecule has 0 aliphatic heterocycles. The number of anilines is 1. The molecule has 0 aliphatic carbocycles. The van der Waals surface area contributed by atoms with Crippen LogP contribution in [0, 0.1) is 5.82 Å². The smallest absolute Gasteiger partial charge is 0.338 e. The van der Waals surface area contributed by atoms with Crippen LogP contribution >= 0.6 is 0 Å². The molecule has 0 amide bonds. The second-order valence-electron chi connectivity index (χ2n) is 5.04. The maximum atomic E-state index is 13.8. The van der Waals surface area contributed by atoms with Crippen LogP contribution in [0.25, 0.3) is 0 Å². The fourth-order valence-corrected chi connectivity index (χ4v) is 3.33. The Hall–Kier alpha value is -2.61.